The second-order valence-corrected chi connectivity index (χ2v) is 10.1. The summed E-state index contributed by atoms with van der Waals surface area (Å²) in [7, 11) is -3.71. The summed E-state index contributed by atoms with van der Waals surface area (Å²) in [6.45, 7) is 1.93. The molecule has 0 unspecified atom stereocenters. The summed E-state index contributed by atoms with van der Waals surface area (Å²) in [5.41, 5.74) is 0.860. The first-order chi connectivity index (χ1) is 13.2. The third kappa shape index (κ3) is 5.11. The molecule has 0 radical (unpaired) electrons. The Morgan fingerprint density at radius 3 is 2.68 bits per heavy atom. The minimum absolute atomic E-state index is 0.0521. The van der Waals surface area contributed by atoms with Crippen LogP contribution in [0.15, 0.2) is 52.3 Å². The quantitative estimate of drug-likeness (QED) is 0.770. The Hall–Kier alpha value is -2.39. The van der Waals surface area contributed by atoms with Gasteiger partial charge in [-0.1, -0.05) is 6.92 Å². The first-order valence-corrected chi connectivity index (χ1v) is 11.1. The van der Waals surface area contributed by atoms with Crippen molar-refractivity contribution in [2.24, 2.45) is 0 Å². The van der Waals surface area contributed by atoms with E-state index in [2.05, 4.69) is 10.6 Å². The number of amides is 2. The van der Waals surface area contributed by atoms with Crippen molar-refractivity contribution in [1.82, 2.24) is 0 Å². The Kier molecular flexibility index (Phi) is 6.04. The van der Waals surface area contributed by atoms with Crippen LogP contribution in [-0.2, 0) is 19.4 Å². The zero-order chi connectivity index (χ0) is 20.3. The molecule has 28 heavy (non-hydrogen) atoms. The number of carbonyl (C=O) groups is 2. The Balaban J connectivity index is 1.68. The Labute approximate surface area is 166 Å². The molecule has 2 aromatic rings. The number of halogens is 1. The van der Waals surface area contributed by atoms with Crippen molar-refractivity contribution in [1.29, 1.82) is 0 Å². The molecule has 1 aliphatic rings. The SMILES string of the molecule is C[C@H]1CC(=O)Nc2cc(S(=O)(=O)CCC(=O)Nc3ccc(F)cc3)ccc2S1. The highest BCUT2D eigenvalue weighted by Gasteiger charge is 2.22. The number of hydrogen-bond acceptors (Lipinski definition) is 5. The molecular weight excluding hydrogens is 403 g/mol. The van der Waals surface area contributed by atoms with E-state index in [1.165, 1.54) is 48.2 Å². The predicted molar refractivity (Wildman–Crippen MR) is 107 cm³/mol. The number of benzene rings is 2. The van der Waals surface area contributed by atoms with Gasteiger partial charge in [0.15, 0.2) is 9.84 Å². The van der Waals surface area contributed by atoms with Crippen LogP contribution in [0.3, 0.4) is 0 Å². The molecule has 0 fully saturated rings. The molecule has 0 aromatic heterocycles. The minimum Gasteiger partial charge on any atom is -0.326 e. The van der Waals surface area contributed by atoms with E-state index in [1.807, 2.05) is 6.92 Å². The van der Waals surface area contributed by atoms with Gasteiger partial charge in [-0.15, -0.1) is 11.8 Å². The lowest BCUT2D eigenvalue weighted by atomic mass is 10.3. The Bertz CT molecular complexity index is 1010. The largest absolute Gasteiger partial charge is 0.326 e. The van der Waals surface area contributed by atoms with Gasteiger partial charge in [0.05, 0.1) is 16.3 Å². The maximum Gasteiger partial charge on any atom is 0.225 e. The molecular formula is C19H19FN2O4S2. The predicted octanol–water partition coefficient (Wildman–Crippen LogP) is 3.45. The summed E-state index contributed by atoms with van der Waals surface area (Å²) in [5.74, 6) is -1.45. The minimum atomic E-state index is -3.71. The smallest absolute Gasteiger partial charge is 0.225 e. The zero-order valence-electron chi connectivity index (χ0n) is 15.1. The maximum absolute atomic E-state index is 12.9. The lowest BCUT2D eigenvalue weighted by Gasteiger charge is -2.11. The highest BCUT2D eigenvalue weighted by atomic mass is 32.2. The van der Waals surface area contributed by atoms with Crippen molar-refractivity contribution in [3.8, 4) is 0 Å². The number of carbonyl (C=O) groups excluding carboxylic acids is 2. The van der Waals surface area contributed by atoms with Crippen LogP contribution in [0, 0.1) is 5.82 Å². The molecule has 6 nitrogen and oxygen atoms in total. The fraction of sp³-hybridized carbons (Fsp3) is 0.263. The third-order valence-corrected chi connectivity index (χ3v) is 7.00. The number of fused-ring (bicyclic) bond motifs is 1. The molecule has 0 spiro atoms. The molecule has 2 aromatic carbocycles. The van der Waals surface area contributed by atoms with Gasteiger partial charge < -0.3 is 10.6 Å². The normalized spacial score (nSPS) is 16.6. The van der Waals surface area contributed by atoms with Crippen LogP contribution in [0.1, 0.15) is 19.8 Å². The summed E-state index contributed by atoms with van der Waals surface area (Å²) >= 11 is 1.51. The van der Waals surface area contributed by atoms with E-state index in [-0.39, 0.29) is 28.2 Å². The summed E-state index contributed by atoms with van der Waals surface area (Å²) in [6.07, 6.45) is 0.111. The van der Waals surface area contributed by atoms with Gasteiger partial charge >= 0.3 is 0 Å². The lowest BCUT2D eigenvalue weighted by molar-refractivity contribution is -0.116. The van der Waals surface area contributed by atoms with Gasteiger partial charge in [-0.25, -0.2) is 12.8 Å². The van der Waals surface area contributed by atoms with Gasteiger partial charge in [0.1, 0.15) is 5.82 Å². The number of thioether (sulfide) groups is 1. The van der Waals surface area contributed by atoms with Crippen LogP contribution in [0.4, 0.5) is 15.8 Å². The first kappa shape index (κ1) is 20.3. The van der Waals surface area contributed by atoms with Gasteiger partial charge in [0.25, 0.3) is 0 Å². The van der Waals surface area contributed by atoms with Crippen LogP contribution in [0.25, 0.3) is 0 Å². The molecule has 0 bridgehead atoms. The number of sulfone groups is 1. The molecule has 1 heterocycles. The topological polar surface area (TPSA) is 92.3 Å². The highest BCUT2D eigenvalue weighted by Crippen LogP contribution is 2.36. The lowest BCUT2D eigenvalue weighted by Crippen LogP contribution is -2.18. The fourth-order valence-electron chi connectivity index (χ4n) is 2.73. The Morgan fingerprint density at radius 1 is 1.25 bits per heavy atom. The van der Waals surface area contributed by atoms with Gasteiger partial charge in [-0.05, 0) is 42.5 Å². The Morgan fingerprint density at radius 2 is 1.96 bits per heavy atom. The molecule has 0 aliphatic carbocycles. The summed E-state index contributed by atoms with van der Waals surface area (Å²) < 4.78 is 38.1. The van der Waals surface area contributed by atoms with E-state index in [0.717, 1.165) is 4.90 Å². The van der Waals surface area contributed by atoms with Crippen molar-refractivity contribution >= 4 is 44.8 Å². The number of nitrogens with one attached hydrogen (secondary N) is 2. The fourth-order valence-corrected chi connectivity index (χ4v) is 5.04. The molecule has 1 atom stereocenters. The standard InChI is InChI=1S/C19H19FN2O4S2/c1-12-10-19(24)22-16-11-15(6-7-17(16)27-12)28(25,26)9-8-18(23)21-14-4-2-13(20)3-5-14/h2-7,11-12H,8-10H2,1H3,(H,21,23)(H,22,24)/t12-/m0/s1. The van der Waals surface area contributed by atoms with Crippen molar-refractivity contribution in [2.45, 2.75) is 34.8 Å². The number of rotatable bonds is 5. The average molecular weight is 423 g/mol. The second-order valence-electron chi connectivity index (χ2n) is 6.46. The van der Waals surface area contributed by atoms with Gasteiger partial charge in [-0.3, -0.25) is 9.59 Å². The molecule has 0 saturated heterocycles. The molecule has 1 aliphatic heterocycles. The average Bonchev–Trinajstić information content (AvgIpc) is 2.77. The van der Waals surface area contributed by atoms with Crippen LogP contribution < -0.4 is 10.6 Å². The first-order valence-electron chi connectivity index (χ1n) is 8.62. The maximum atomic E-state index is 12.9. The van der Waals surface area contributed by atoms with E-state index < -0.39 is 21.6 Å². The third-order valence-electron chi connectivity index (χ3n) is 4.11. The van der Waals surface area contributed by atoms with Gasteiger partial charge in [0.2, 0.25) is 11.8 Å². The van der Waals surface area contributed by atoms with E-state index in [4.69, 9.17) is 0 Å². The molecule has 0 saturated carbocycles. The van der Waals surface area contributed by atoms with E-state index >= 15 is 0 Å². The van der Waals surface area contributed by atoms with Crippen molar-refractivity contribution in [2.75, 3.05) is 16.4 Å². The molecule has 3 rings (SSSR count). The summed E-state index contributed by atoms with van der Waals surface area (Å²) in [6, 6.07) is 9.80. The van der Waals surface area contributed by atoms with E-state index in [9.17, 15) is 22.4 Å². The number of hydrogen-bond donors (Lipinski definition) is 2. The van der Waals surface area contributed by atoms with Gasteiger partial charge in [-0.2, -0.15) is 0 Å². The molecule has 2 N–H and O–H groups in total. The second kappa shape index (κ2) is 8.32. The van der Waals surface area contributed by atoms with E-state index in [1.54, 1.807) is 6.07 Å². The molecule has 148 valence electrons. The highest BCUT2D eigenvalue weighted by molar-refractivity contribution is 8.00. The van der Waals surface area contributed by atoms with Crippen LogP contribution >= 0.6 is 11.8 Å². The molecule has 2 amide bonds. The van der Waals surface area contributed by atoms with E-state index in [0.29, 0.717) is 17.8 Å². The summed E-state index contributed by atoms with van der Waals surface area (Å²) in [4.78, 5) is 24.7. The zero-order valence-corrected chi connectivity index (χ0v) is 16.7. The molecule has 9 heteroatoms. The number of anilines is 2. The van der Waals surface area contributed by atoms with Crippen LogP contribution in [-0.4, -0.2) is 31.2 Å². The van der Waals surface area contributed by atoms with Crippen molar-refractivity contribution in [3.05, 3.63) is 48.3 Å². The van der Waals surface area contributed by atoms with Crippen molar-refractivity contribution in [3.63, 3.8) is 0 Å². The van der Waals surface area contributed by atoms with Crippen LogP contribution in [0.5, 0.6) is 0 Å². The van der Waals surface area contributed by atoms with Crippen molar-refractivity contribution < 1.29 is 22.4 Å². The summed E-state index contributed by atoms with van der Waals surface area (Å²) in [5, 5.41) is 5.36. The van der Waals surface area contributed by atoms with Gasteiger partial charge in [0, 0.05) is 28.7 Å². The van der Waals surface area contributed by atoms with Crippen LogP contribution in [0.2, 0.25) is 0 Å². The monoisotopic (exact) mass is 422 g/mol.